The number of Topliss-reactive ketones (excluding diaryl/α,β-unsaturated/α-hetero) is 1. The molecule has 2 aromatic rings. The van der Waals surface area contributed by atoms with Gasteiger partial charge in [-0.3, -0.25) is 4.79 Å². The number of hydrogen-bond acceptors (Lipinski definition) is 2. The van der Waals surface area contributed by atoms with E-state index in [0.717, 1.165) is 41.5 Å². The van der Waals surface area contributed by atoms with E-state index in [1.54, 1.807) is 7.11 Å². The molecular formula is C20H22O2. The van der Waals surface area contributed by atoms with Crippen LogP contribution in [0.5, 0.6) is 0 Å². The number of ketones is 1. The number of hydrogen-bond donors (Lipinski definition) is 0. The van der Waals surface area contributed by atoms with E-state index in [9.17, 15) is 4.79 Å². The van der Waals surface area contributed by atoms with Gasteiger partial charge in [-0.05, 0) is 23.1 Å². The first-order valence-electron chi connectivity index (χ1n) is 8.06. The van der Waals surface area contributed by atoms with E-state index in [-0.39, 0.29) is 11.9 Å². The summed E-state index contributed by atoms with van der Waals surface area (Å²) in [6, 6.07) is 14.3. The highest BCUT2D eigenvalue weighted by atomic mass is 16.5. The molecule has 0 aliphatic heterocycles. The minimum atomic E-state index is -0.127. The highest BCUT2D eigenvalue weighted by molar-refractivity contribution is 6.00. The van der Waals surface area contributed by atoms with Crippen LogP contribution in [0, 0.1) is 0 Å². The van der Waals surface area contributed by atoms with Crippen molar-refractivity contribution < 1.29 is 9.53 Å². The number of carbonyl (C=O) groups excluding carboxylic acids is 1. The molecule has 1 unspecified atom stereocenters. The van der Waals surface area contributed by atoms with Gasteiger partial charge in [0.05, 0.1) is 0 Å². The predicted octanol–water partition coefficient (Wildman–Crippen LogP) is 5.17. The van der Waals surface area contributed by atoms with Crippen molar-refractivity contribution in [2.24, 2.45) is 0 Å². The third-order valence-electron chi connectivity index (χ3n) is 4.45. The molecule has 0 saturated carbocycles. The second-order valence-electron chi connectivity index (χ2n) is 5.85. The SMILES string of the molecule is CCCCCC(=O)c1cccc2c1C(OC)c1ccccc1-2. The summed E-state index contributed by atoms with van der Waals surface area (Å²) in [5, 5.41) is 0. The van der Waals surface area contributed by atoms with E-state index in [1.165, 1.54) is 5.56 Å². The normalized spacial score (nSPS) is 15.5. The summed E-state index contributed by atoms with van der Waals surface area (Å²) >= 11 is 0. The zero-order valence-electron chi connectivity index (χ0n) is 13.3. The molecule has 1 atom stereocenters. The van der Waals surface area contributed by atoms with Crippen LogP contribution in [0.3, 0.4) is 0 Å². The van der Waals surface area contributed by atoms with Crippen LogP contribution in [-0.4, -0.2) is 12.9 Å². The molecule has 114 valence electrons. The van der Waals surface area contributed by atoms with Gasteiger partial charge < -0.3 is 4.74 Å². The second-order valence-corrected chi connectivity index (χ2v) is 5.85. The summed E-state index contributed by atoms with van der Waals surface area (Å²) in [6.45, 7) is 2.16. The molecule has 0 amide bonds. The number of carbonyl (C=O) groups is 1. The van der Waals surface area contributed by atoms with Gasteiger partial charge in [0.2, 0.25) is 0 Å². The zero-order valence-corrected chi connectivity index (χ0v) is 13.3. The van der Waals surface area contributed by atoms with E-state index >= 15 is 0 Å². The summed E-state index contributed by atoms with van der Waals surface area (Å²) in [5.74, 6) is 0.236. The fourth-order valence-corrected chi connectivity index (χ4v) is 3.37. The zero-order chi connectivity index (χ0) is 15.5. The maximum Gasteiger partial charge on any atom is 0.163 e. The Balaban J connectivity index is 2.01. The number of benzene rings is 2. The number of methoxy groups -OCH3 is 1. The average Bonchev–Trinajstić information content (AvgIpc) is 2.88. The third kappa shape index (κ3) is 2.48. The van der Waals surface area contributed by atoms with Crippen LogP contribution in [0.25, 0.3) is 11.1 Å². The van der Waals surface area contributed by atoms with Gasteiger partial charge in [0.1, 0.15) is 6.10 Å². The van der Waals surface area contributed by atoms with E-state index < -0.39 is 0 Å². The van der Waals surface area contributed by atoms with Crippen molar-refractivity contribution in [2.45, 2.75) is 38.7 Å². The molecule has 3 rings (SSSR count). The van der Waals surface area contributed by atoms with Crippen LogP contribution < -0.4 is 0 Å². The molecule has 0 radical (unpaired) electrons. The third-order valence-corrected chi connectivity index (χ3v) is 4.45. The molecule has 0 spiro atoms. The Morgan fingerprint density at radius 1 is 1.05 bits per heavy atom. The van der Waals surface area contributed by atoms with Crippen LogP contribution in [0.1, 0.15) is 60.2 Å². The Morgan fingerprint density at radius 2 is 1.82 bits per heavy atom. The molecule has 2 nitrogen and oxygen atoms in total. The smallest absolute Gasteiger partial charge is 0.163 e. The molecule has 2 aromatic carbocycles. The summed E-state index contributed by atoms with van der Waals surface area (Å²) < 4.78 is 5.73. The fourth-order valence-electron chi connectivity index (χ4n) is 3.37. The summed E-state index contributed by atoms with van der Waals surface area (Å²) in [7, 11) is 1.72. The van der Waals surface area contributed by atoms with Gasteiger partial charge in [0.15, 0.2) is 5.78 Å². The molecule has 0 saturated heterocycles. The average molecular weight is 294 g/mol. The number of unbranched alkanes of at least 4 members (excludes halogenated alkanes) is 2. The summed E-state index contributed by atoms with van der Waals surface area (Å²) in [5.41, 5.74) is 5.37. The van der Waals surface area contributed by atoms with Gasteiger partial charge in [-0.15, -0.1) is 0 Å². The van der Waals surface area contributed by atoms with Crippen molar-refractivity contribution in [2.75, 3.05) is 7.11 Å². The molecule has 0 fully saturated rings. The molecule has 0 N–H and O–H groups in total. The molecule has 1 aliphatic carbocycles. The fraction of sp³-hybridized carbons (Fsp3) is 0.350. The van der Waals surface area contributed by atoms with Gasteiger partial charge in [0, 0.05) is 24.7 Å². The van der Waals surface area contributed by atoms with Gasteiger partial charge >= 0.3 is 0 Å². The van der Waals surface area contributed by atoms with Crippen LogP contribution in [0.4, 0.5) is 0 Å². The Hall–Kier alpha value is -1.93. The molecule has 22 heavy (non-hydrogen) atoms. The van der Waals surface area contributed by atoms with Gasteiger partial charge in [-0.25, -0.2) is 0 Å². The molecular weight excluding hydrogens is 272 g/mol. The Morgan fingerprint density at radius 3 is 2.59 bits per heavy atom. The molecule has 1 aliphatic rings. The highest BCUT2D eigenvalue weighted by Crippen LogP contribution is 2.46. The molecule has 0 heterocycles. The van der Waals surface area contributed by atoms with Crippen molar-refractivity contribution in [3.63, 3.8) is 0 Å². The lowest BCUT2D eigenvalue weighted by Gasteiger charge is -2.15. The van der Waals surface area contributed by atoms with E-state index in [2.05, 4.69) is 25.1 Å². The molecule has 2 heteroatoms. The first-order chi connectivity index (χ1) is 10.8. The predicted molar refractivity (Wildman–Crippen MR) is 89.2 cm³/mol. The summed E-state index contributed by atoms with van der Waals surface area (Å²) in [6.07, 6.45) is 3.69. The maximum atomic E-state index is 12.6. The Labute approximate surface area is 132 Å². The van der Waals surface area contributed by atoms with Crippen molar-refractivity contribution in [3.05, 3.63) is 59.2 Å². The minimum absolute atomic E-state index is 0.127. The van der Waals surface area contributed by atoms with E-state index in [1.807, 2.05) is 24.3 Å². The Kier molecular flexibility index (Phi) is 4.39. The standard InChI is InChI=1S/C20H22O2/c1-3-4-5-13-18(21)17-12-8-11-15-14-9-6-7-10-16(14)20(22-2)19(15)17/h6-12,20H,3-5,13H2,1-2H3. The lowest BCUT2D eigenvalue weighted by molar-refractivity contribution is 0.0968. The monoisotopic (exact) mass is 294 g/mol. The largest absolute Gasteiger partial charge is 0.372 e. The van der Waals surface area contributed by atoms with Crippen molar-refractivity contribution in [1.82, 2.24) is 0 Å². The van der Waals surface area contributed by atoms with Crippen LogP contribution in [-0.2, 0) is 4.74 Å². The first kappa shape index (κ1) is 15.0. The molecule has 0 bridgehead atoms. The Bertz CT molecular complexity index is 688. The summed E-state index contributed by atoms with van der Waals surface area (Å²) in [4.78, 5) is 12.6. The quantitative estimate of drug-likeness (QED) is 0.543. The van der Waals surface area contributed by atoms with Crippen LogP contribution in [0.2, 0.25) is 0 Å². The van der Waals surface area contributed by atoms with E-state index in [0.29, 0.717) is 6.42 Å². The van der Waals surface area contributed by atoms with Gasteiger partial charge in [-0.1, -0.05) is 62.2 Å². The van der Waals surface area contributed by atoms with Crippen LogP contribution in [0.15, 0.2) is 42.5 Å². The minimum Gasteiger partial charge on any atom is -0.372 e. The maximum absolute atomic E-state index is 12.6. The lowest BCUT2D eigenvalue weighted by Crippen LogP contribution is -2.08. The number of ether oxygens (including phenoxy) is 1. The number of fused-ring (bicyclic) bond motifs is 3. The van der Waals surface area contributed by atoms with Crippen molar-refractivity contribution in [3.8, 4) is 11.1 Å². The lowest BCUT2D eigenvalue weighted by atomic mass is 9.95. The highest BCUT2D eigenvalue weighted by Gasteiger charge is 2.31. The van der Waals surface area contributed by atoms with Crippen molar-refractivity contribution in [1.29, 1.82) is 0 Å². The van der Waals surface area contributed by atoms with Crippen LogP contribution >= 0.6 is 0 Å². The first-order valence-corrected chi connectivity index (χ1v) is 8.06. The number of rotatable bonds is 6. The van der Waals surface area contributed by atoms with E-state index in [4.69, 9.17) is 4.74 Å². The topological polar surface area (TPSA) is 26.3 Å². The molecule has 0 aromatic heterocycles. The van der Waals surface area contributed by atoms with Gasteiger partial charge in [-0.2, -0.15) is 0 Å². The van der Waals surface area contributed by atoms with Gasteiger partial charge in [0.25, 0.3) is 0 Å². The van der Waals surface area contributed by atoms with Crippen molar-refractivity contribution >= 4 is 5.78 Å². The second kappa shape index (κ2) is 6.45.